The Morgan fingerprint density at radius 1 is 1.24 bits per heavy atom. The first kappa shape index (κ1) is 11.6. The van der Waals surface area contributed by atoms with Gasteiger partial charge in [0.1, 0.15) is 0 Å². The van der Waals surface area contributed by atoms with Gasteiger partial charge in [0.25, 0.3) is 0 Å². The Balaban J connectivity index is 2.80. The SMILES string of the molecule is NC[C@@H](N)c1cccc2cccc(C(=O)O)c12. The molecule has 2 aromatic rings. The minimum atomic E-state index is -0.952. The fourth-order valence-corrected chi connectivity index (χ4v) is 1.98. The van der Waals surface area contributed by atoms with Crippen molar-refractivity contribution in [2.24, 2.45) is 11.5 Å². The predicted octanol–water partition coefficient (Wildman–Crippen LogP) is 1.50. The van der Waals surface area contributed by atoms with E-state index in [1.807, 2.05) is 24.3 Å². The number of carboxylic acids is 1. The quantitative estimate of drug-likeness (QED) is 0.745. The van der Waals surface area contributed by atoms with Crippen molar-refractivity contribution in [2.75, 3.05) is 6.54 Å². The Bertz CT molecular complexity index is 561. The van der Waals surface area contributed by atoms with Crippen molar-refractivity contribution in [3.05, 3.63) is 47.5 Å². The molecular formula is C13H14N2O2. The van der Waals surface area contributed by atoms with Crippen LogP contribution in [0.4, 0.5) is 0 Å². The van der Waals surface area contributed by atoms with E-state index in [-0.39, 0.29) is 18.2 Å². The summed E-state index contributed by atoms with van der Waals surface area (Å²) in [4.78, 5) is 11.2. The van der Waals surface area contributed by atoms with Gasteiger partial charge in [0, 0.05) is 18.0 Å². The maximum Gasteiger partial charge on any atom is 0.336 e. The van der Waals surface area contributed by atoms with Crippen LogP contribution in [0.3, 0.4) is 0 Å². The van der Waals surface area contributed by atoms with E-state index < -0.39 is 5.97 Å². The zero-order chi connectivity index (χ0) is 12.4. The van der Waals surface area contributed by atoms with E-state index in [1.54, 1.807) is 12.1 Å². The molecule has 17 heavy (non-hydrogen) atoms. The third kappa shape index (κ3) is 2.00. The van der Waals surface area contributed by atoms with Crippen LogP contribution in [0, 0.1) is 0 Å². The Labute approximate surface area is 98.8 Å². The molecule has 0 fully saturated rings. The van der Waals surface area contributed by atoms with Gasteiger partial charge in [-0.05, 0) is 17.0 Å². The van der Waals surface area contributed by atoms with Crippen LogP contribution in [0.1, 0.15) is 22.0 Å². The van der Waals surface area contributed by atoms with E-state index in [1.165, 1.54) is 0 Å². The fourth-order valence-electron chi connectivity index (χ4n) is 1.98. The van der Waals surface area contributed by atoms with Crippen LogP contribution >= 0.6 is 0 Å². The van der Waals surface area contributed by atoms with Crippen molar-refractivity contribution in [1.82, 2.24) is 0 Å². The third-order valence-corrected chi connectivity index (χ3v) is 2.82. The van der Waals surface area contributed by atoms with Crippen LogP contribution in [-0.2, 0) is 0 Å². The third-order valence-electron chi connectivity index (χ3n) is 2.82. The first-order valence-corrected chi connectivity index (χ1v) is 5.35. The standard InChI is InChI=1S/C13H14N2O2/c14-7-11(15)9-5-1-3-8-4-2-6-10(12(8)9)13(16)17/h1-6,11H,7,14-15H2,(H,16,17)/t11-/m1/s1. The van der Waals surface area contributed by atoms with Crippen LogP contribution in [0.15, 0.2) is 36.4 Å². The highest BCUT2D eigenvalue weighted by molar-refractivity contribution is 6.05. The lowest BCUT2D eigenvalue weighted by Gasteiger charge is -2.14. The zero-order valence-electron chi connectivity index (χ0n) is 9.26. The van der Waals surface area contributed by atoms with Gasteiger partial charge in [-0.3, -0.25) is 0 Å². The Morgan fingerprint density at radius 2 is 1.88 bits per heavy atom. The molecule has 2 rings (SSSR count). The molecule has 0 aliphatic rings. The molecule has 0 bridgehead atoms. The summed E-state index contributed by atoms with van der Waals surface area (Å²) in [6, 6.07) is 10.4. The summed E-state index contributed by atoms with van der Waals surface area (Å²) >= 11 is 0. The minimum Gasteiger partial charge on any atom is -0.478 e. The van der Waals surface area contributed by atoms with Gasteiger partial charge in [0.2, 0.25) is 0 Å². The molecule has 0 aromatic heterocycles. The number of carboxylic acid groups (broad SMARTS) is 1. The average Bonchev–Trinajstić information content (AvgIpc) is 2.36. The predicted molar refractivity (Wildman–Crippen MR) is 66.9 cm³/mol. The summed E-state index contributed by atoms with van der Waals surface area (Å²) in [5.41, 5.74) is 12.5. The maximum atomic E-state index is 11.2. The molecule has 5 N–H and O–H groups in total. The normalized spacial score (nSPS) is 12.6. The second-order valence-electron chi connectivity index (χ2n) is 3.90. The van der Waals surface area contributed by atoms with E-state index in [0.29, 0.717) is 5.39 Å². The molecule has 0 aliphatic carbocycles. The van der Waals surface area contributed by atoms with Gasteiger partial charge < -0.3 is 16.6 Å². The molecule has 4 nitrogen and oxygen atoms in total. The molecule has 0 aliphatic heterocycles. The molecule has 0 heterocycles. The van der Waals surface area contributed by atoms with Gasteiger partial charge >= 0.3 is 5.97 Å². The second-order valence-corrected chi connectivity index (χ2v) is 3.90. The van der Waals surface area contributed by atoms with E-state index >= 15 is 0 Å². The van der Waals surface area contributed by atoms with Crippen LogP contribution < -0.4 is 11.5 Å². The van der Waals surface area contributed by atoms with Gasteiger partial charge in [-0.25, -0.2) is 4.79 Å². The van der Waals surface area contributed by atoms with Crippen molar-refractivity contribution >= 4 is 16.7 Å². The van der Waals surface area contributed by atoms with Gasteiger partial charge in [0.15, 0.2) is 0 Å². The Hall–Kier alpha value is -1.91. The summed E-state index contributed by atoms with van der Waals surface area (Å²) in [6.07, 6.45) is 0. The number of benzene rings is 2. The Morgan fingerprint density at radius 3 is 2.47 bits per heavy atom. The number of hydrogen-bond acceptors (Lipinski definition) is 3. The maximum absolute atomic E-state index is 11.2. The van der Waals surface area contributed by atoms with Gasteiger partial charge in [0.05, 0.1) is 5.56 Å². The highest BCUT2D eigenvalue weighted by atomic mass is 16.4. The minimum absolute atomic E-state index is 0.266. The van der Waals surface area contributed by atoms with Crippen molar-refractivity contribution < 1.29 is 9.90 Å². The topological polar surface area (TPSA) is 89.3 Å². The van der Waals surface area contributed by atoms with Crippen molar-refractivity contribution in [3.8, 4) is 0 Å². The molecule has 0 amide bonds. The first-order chi connectivity index (χ1) is 8.15. The van der Waals surface area contributed by atoms with E-state index in [2.05, 4.69) is 0 Å². The monoisotopic (exact) mass is 230 g/mol. The fraction of sp³-hybridized carbons (Fsp3) is 0.154. The van der Waals surface area contributed by atoms with E-state index in [4.69, 9.17) is 11.5 Å². The lowest BCUT2D eigenvalue weighted by atomic mass is 9.95. The Kier molecular flexibility index (Phi) is 3.08. The van der Waals surface area contributed by atoms with Gasteiger partial charge in [-0.2, -0.15) is 0 Å². The molecule has 1 atom stereocenters. The number of hydrogen-bond donors (Lipinski definition) is 3. The van der Waals surface area contributed by atoms with Crippen LogP contribution in [-0.4, -0.2) is 17.6 Å². The summed E-state index contributed by atoms with van der Waals surface area (Å²) in [5.74, 6) is -0.952. The largest absolute Gasteiger partial charge is 0.478 e. The average molecular weight is 230 g/mol. The van der Waals surface area contributed by atoms with Gasteiger partial charge in [-0.15, -0.1) is 0 Å². The van der Waals surface area contributed by atoms with Crippen LogP contribution in [0.5, 0.6) is 0 Å². The van der Waals surface area contributed by atoms with E-state index in [9.17, 15) is 9.90 Å². The molecule has 0 saturated carbocycles. The summed E-state index contributed by atoms with van der Waals surface area (Å²) in [6.45, 7) is 0.285. The number of rotatable bonds is 3. The highest BCUT2D eigenvalue weighted by Gasteiger charge is 2.14. The molecule has 0 saturated heterocycles. The smallest absolute Gasteiger partial charge is 0.336 e. The molecule has 4 heteroatoms. The first-order valence-electron chi connectivity index (χ1n) is 5.35. The molecule has 0 radical (unpaired) electrons. The van der Waals surface area contributed by atoms with Crippen LogP contribution in [0.25, 0.3) is 10.8 Å². The lowest BCUT2D eigenvalue weighted by molar-refractivity contribution is 0.0699. The number of aromatic carboxylic acids is 1. The summed E-state index contributed by atoms with van der Waals surface area (Å²) in [5, 5.41) is 10.7. The molecule has 0 unspecified atom stereocenters. The second kappa shape index (κ2) is 4.53. The van der Waals surface area contributed by atoms with Crippen molar-refractivity contribution in [3.63, 3.8) is 0 Å². The van der Waals surface area contributed by atoms with Crippen LogP contribution in [0.2, 0.25) is 0 Å². The molecule has 0 spiro atoms. The van der Waals surface area contributed by atoms with Crippen molar-refractivity contribution in [2.45, 2.75) is 6.04 Å². The van der Waals surface area contributed by atoms with E-state index in [0.717, 1.165) is 10.9 Å². The highest BCUT2D eigenvalue weighted by Crippen LogP contribution is 2.26. The number of nitrogens with two attached hydrogens (primary N) is 2. The molecule has 2 aromatic carbocycles. The summed E-state index contributed by atoms with van der Waals surface area (Å²) < 4.78 is 0. The molecule has 88 valence electrons. The van der Waals surface area contributed by atoms with Gasteiger partial charge in [-0.1, -0.05) is 30.3 Å². The molecular weight excluding hydrogens is 216 g/mol. The van der Waals surface area contributed by atoms with Crippen molar-refractivity contribution in [1.29, 1.82) is 0 Å². The zero-order valence-corrected chi connectivity index (χ0v) is 9.26. The summed E-state index contributed by atoms with van der Waals surface area (Å²) in [7, 11) is 0. The number of carbonyl (C=O) groups is 1. The lowest BCUT2D eigenvalue weighted by Crippen LogP contribution is -2.21. The number of fused-ring (bicyclic) bond motifs is 1.